The third-order valence-corrected chi connectivity index (χ3v) is 4.50. The molecule has 0 aromatic rings. The van der Waals surface area contributed by atoms with Crippen LogP contribution in [0, 0.1) is 5.92 Å². The molecule has 0 aliphatic heterocycles. The van der Waals surface area contributed by atoms with E-state index in [-0.39, 0.29) is 24.4 Å². The predicted octanol–water partition coefficient (Wildman–Crippen LogP) is 3.49. The van der Waals surface area contributed by atoms with E-state index in [2.05, 4.69) is 0 Å². The number of hydrogen-bond donors (Lipinski definition) is 1. The Hall–Kier alpha value is -0.220. The van der Waals surface area contributed by atoms with Gasteiger partial charge >= 0.3 is 0 Å². The van der Waals surface area contributed by atoms with Gasteiger partial charge in [-0.3, -0.25) is 0 Å². The molecule has 4 heteroatoms. The second-order valence-electron chi connectivity index (χ2n) is 6.08. The molecule has 1 atom stereocenters. The minimum absolute atomic E-state index is 0.00630. The highest BCUT2D eigenvalue weighted by atomic mass is 19.3. The van der Waals surface area contributed by atoms with Gasteiger partial charge in [-0.2, -0.15) is 0 Å². The van der Waals surface area contributed by atoms with Gasteiger partial charge in [0.2, 0.25) is 5.92 Å². The van der Waals surface area contributed by atoms with Gasteiger partial charge in [0.15, 0.2) is 0 Å². The SMILES string of the molecule is NCC1(OCC2CCCC(F)(F)C2)CCCCC1. The lowest BCUT2D eigenvalue weighted by atomic mass is 9.83. The summed E-state index contributed by atoms with van der Waals surface area (Å²) in [7, 11) is 0. The lowest BCUT2D eigenvalue weighted by Crippen LogP contribution is -2.44. The Kier molecular flexibility index (Phi) is 4.59. The van der Waals surface area contributed by atoms with Crippen molar-refractivity contribution in [2.45, 2.75) is 69.3 Å². The molecule has 0 aromatic carbocycles. The van der Waals surface area contributed by atoms with Crippen LogP contribution in [0.4, 0.5) is 8.78 Å². The maximum atomic E-state index is 13.3. The second kappa shape index (κ2) is 5.83. The van der Waals surface area contributed by atoms with Crippen molar-refractivity contribution in [2.75, 3.05) is 13.2 Å². The summed E-state index contributed by atoms with van der Waals surface area (Å²) in [6.45, 7) is 0.989. The van der Waals surface area contributed by atoms with Crippen molar-refractivity contribution in [1.82, 2.24) is 0 Å². The molecule has 0 saturated heterocycles. The van der Waals surface area contributed by atoms with Gasteiger partial charge in [-0.25, -0.2) is 8.78 Å². The van der Waals surface area contributed by atoms with Crippen LogP contribution in [0.5, 0.6) is 0 Å². The fraction of sp³-hybridized carbons (Fsp3) is 1.00. The minimum Gasteiger partial charge on any atom is -0.373 e. The standard InChI is InChI=1S/C14H25F2NO/c15-14(16)8-4-5-12(9-14)10-18-13(11-17)6-2-1-3-7-13/h12H,1-11,17H2. The molecule has 18 heavy (non-hydrogen) atoms. The number of hydrogen-bond acceptors (Lipinski definition) is 2. The topological polar surface area (TPSA) is 35.2 Å². The van der Waals surface area contributed by atoms with E-state index in [4.69, 9.17) is 10.5 Å². The van der Waals surface area contributed by atoms with Crippen molar-refractivity contribution in [1.29, 1.82) is 0 Å². The largest absolute Gasteiger partial charge is 0.373 e. The van der Waals surface area contributed by atoms with Crippen LogP contribution in [0.15, 0.2) is 0 Å². The molecule has 0 radical (unpaired) electrons. The first-order valence-electron chi connectivity index (χ1n) is 7.27. The Morgan fingerprint density at radius 3 is 2.39 bits per heavy atom. The summed E-state index contributed by atoms with van der Waals surface area (Å²) in [6, 6.07) is 0. The van der Waals surface area contributed by atoms with Crippen molar-refractivity contribution in [3.63, 3.8) is 0 Å². The van der Waals surface area contributed by atoms with Crippen molar-refractivity contribution >= 4 is 0 Å². The van der Waals surface area contributed by atoms with E-state index in [1.807, 2.05) is 0 Å². The Morgan fingerprint density at radius 2 is 1.78 bits per heavy atom. The molecular formula is C14H25F2NO. The molecule has 2 fully saturated rings. The molecule has 0 amide bonds. The molecule has 2 N–H and O–H groups in total. The van der Waals surface area contributed by atoms with Gasteiger partial charge in [-0.1, -0.05) is 19.3 Å². The van der Waals surface area contributed by atoms with Gasteiger partial charge in [0.1, 0.15) is 0 Å². The van der Waals surface area contributed by atoms with Crippen LogP contribution in [-0.4, -0.2) is 24.7 Å². The zero-order chi connectivity index (χ0) is 13.1. The number of nitrogens with two attached hydrogens (primary N) is 1. The maximum absolute atomic E-state index is 13.3. The van der Waals surface area contributed by atoms with Gasteiger partial charge < -0.3 is 10.5 Å². The van der Waals surface area contributed by atoms with E-state index in [9.17, 15) is 8.78 Å². The zero-order valence-electron chi connectivity index (χ0n) is 11.1. The van der Waals surface area contributed by atoms with Crippen LogP contribution < -0.4 is 5.73 Å². The summed E-state index contributed by atoms with van der Waals surface area (Å²) < 4.78 is 32.6. The third kappa shape index (κ3) is 3.64. The van der Waals surface area contributed by atoms with Crippen LogP contribution in [0.1, 0.15) is 57.8 Å². The molecule has 0 heterocycles. The smallest absolute Gasteiger partial charge is 0.248 e. The van der Waals surface area contributed by atoms with Crippen molar-refractivity contribution in [2.24, 2.45) is 11.7 Å². The van der Waals surface area contributed by atoms with Crippen LogP contribution in [0.25, 0.3) is 0 Å². The maximum Gasteiger partial charge on any atom is 0.248 e. The Labute approximate surface area is 108 Å². The molecule has 1 unspecified atom stereocenters. The average molecular weight is 261 g/mol. The normalized spacial score (nSPS) is 31.2. The Balaban J connectivity index is 1.82. The van der Waals surface area contributed by atoms with Crippen LogP contribution in [-0.2, 0) is 4.74 Å². The molecular weight excluding hydrogens is 236 g/mol. The number of ether oxygens (including phenoxy) is 1. The fourth-order valence-corrected chi connectivity index (χ4v) is 3.32. The van der Waals surface area contributed by atoms with Crippen LogP contribution in [0.2, 0.25) is 0 Å². The molecule has 0 bridgehead atoms. The first kappa shape index (κ1) is 14.2. The summed E-state index contributed by atoms with van der Waals surface area (Å²) >= 11 is 0. The van der Waals surface area contributed by atoms with Crippen molar-refractivity contribution < 1.29 is 13.5 Å². The predicted molar refractivity (Wildman–Crippen MR) is 67.7 cm³/mol. The number of halogens is 2. The van der Waals surface area contributed by atoms with Crippen molar-refractivity contribution in [3.8, 4) is 0 Å². The van der Waals surface area contributed by atoms with Crippen molar-refractivity contribution in [3.05, 3.63) is 0 Å². The van der Waals surface area contributed by atoms with Gasteiger partial charge in [0.25, 0.3) is 0 Å². The van der Waals surface area contributed by atoms with E-state index in [0.717, 1.165) is 32.1 Å². The molecule has 106 valence electrons. The monoisotopic (exact) mass is 261 g/mol. The molecule has 2 saturated carbocycles. The van der Waals surface area contributed by atoms with E-state index < -0.39 is 5.92 Å². The highest BCUT2D eigenvalue weighted by molar-refractivity contribution is 4.86. The first-order valence-corrected chi connectivity index (χ1v) is 7.27. The van der Waals surface area contributed by atoms with E-state index in [0.29, 0.717) is 19.6 Å². The average Bonchev–Trinajstić information content (AvgIpc) is 2.36. The Bertz CT molecular complexity index is 265. The summed E-state index contributed by atoms with van der Waals surface area (Å²) in [6.07, 6.45) is 7.06. The summed E-state index contributed by atoms with van der Waals surface area (Å²) in [5.41, 5.74) is 5.62. The first-order chi connectivity index (χ1) is 8.55. The third-order valence-electron chi connectivity index (χ3n) is 4.50. The molecule has 0 aromatic heterocycles. The zero-order valence-corrected chi connectivity index (χ0v) is 11.1. The summed E-state index contributed by atoms with van der Waals surface area (Å²) in [5.74, 6) is -2.46. The minimum atomic E-state index is -2.48. The molecule has 2 nitrogen and oxygen atoms in total. The number of rotatable bonds is 4. The summed E-state index contributed by atoms with van der Waals surface area (Å²) in [4.78, 5) is 0. The molecule has 2 rings (SSSR count). The van der Waals surface area contributed by atoms with E-state index in [1.54, 1.807) is 0 Å². The van der Waals surface area contributed by atoms with Gasteiger partial charge in [0, 0.05) is 19.4 Å². The molecule has 2 aliphatic rings. The van der Waals surface area contributed by atoms with Gasteiger partial charge in [0.05, 0.1) is 12.2 Å². The van der Waals surface area contributed by atoms with Gasteiger partial charge in [-0.15, -0.1) is 0 Å². The quantitative estimate of drug-likeness (QED) is 0.840. The lowest BCUT2D eigenvalue weighted by molar-refractivity contribution is -0.109. The second-order valence-corrected chi connectivity index (χ2v) is 6.08. The molecule has 0 spiro atoms. The van der Waals surface area contributed by atoms with E-state index >= 15 is 0 Å². The summed E-state index contributed by atoms with van der Waals surface area (Å²) in [5, 5.41) is 0. The fourth-order valence-electron chi connectivity index (χ4n) is 3.32. The lowest BCUT2D eigenvalue weighted by Gasteiger charge is -2.38. The highest BCUT2D eigenvalue weighted by Gasteiger charge is 2.38. The highest BCUT2D eigenvalue weighted by Crippen LogP contribution is 2.38. The molecule has 2 aliphatic carbocycles. The Morgan fingerprint density at radius 1 is 1.06 bits per heavy atom. The van der Waals surface area contributed by atoms with E-state index in [1.165, 1.54) is 6.42 Å². The van der Waals surface area contributed by atoms with Crippen LogP contribution in [0.3, 0.4) is 0 Å². The van der Waals surface area contributed by atoms with Gasteiger partial charge in [-0.05, 0) is 31.6 Å². The van der Waals surface area contributed by atoms with Crippen LogP contribution >= 0.6 is 0 Å². The number of alkyl halides is 2.